The number of carbonyl (C=O) groups excluding carboxylic acids is 2. The number of carbonyl (C=O) groups is 2. The third kappa shape index (κ3) is 1.43. The Bertz CT molecular complexity index is 674. The molecule has 4 fully saturated rings. The minimum absolute atomic E-state index is 0.116. The number of nitrogens with two attached hydrogens (primary N) is 1. The Morgan fingerprint density at radius 2 is 1.55 bits per heavy atom. The second-order valence-corrected chi connectivity index (χ2v) is 7.86. The number of imide groups is 1. The molecule has 0 spiro atoms. The van der Waals surface area contributed by atoms with Crippen molar-refractivity contribution in [1.82, 2.24) is 4.90 Å². The lowest BCUT2D eigenvalue weighted by atomic mass is 9.52. The summed E-state index contributed by atoms with van der Waals surface area (Å²) < 4.78 is 0. The maximum absolute atomic E-state index is 13.0. The minimum atomic E-state index is -0.228. The van der Waals surface area contributed by atoms with Crippen molar-refractivity contribution in [3.05, 3.63) is 29.3 Å². The molecule has 1 aromatic rings. The fourth-order valence-corrected chi connectivity index (χ4v) is 6.08. The van der Waals surface area contributed by atoms with Crippen LogP contribution in [0.5, 0.6) is 0 Å². The van der Waals surface area contributed by atoms with E-state index in [0.29, 0.717) is 34.6 Å². The van der Waals surface area contributed by atoms with E-state index in [2.05, 4.69) is 0 Å². The molecule has 0 unspecified atom stereocenters. The fourth-order valence-electron chi connectivity index (χ4n) is 6.08. The van der Waals surface area contributed by atoms with Gasteiger partial charge in [0.05, 0.1) is 16.7 Å². The number of nitrogens with zero attached hydrogens (tertiary/aromatic N) is 1. The van der Waals surface area contributed by atoms with E-state index in [0.717, 1.165) is 19.3 Å². The van der Waals surface area contributed by atoms with Gasteiger partial charge in [-0.3, -0.25) is 14.5 Å². The largest absolute Gasteiger partial charge is 0.398 e. The summed E-state index contributed by atoms with van der Waals surface area (Å²) in [5.74, 6) is 1.84. The summed E-state index contributed by atoms with van der Waals surface area (Å²) in [5.41, 5.74) is 7.12. The van der Waals surface area contributed by atoms with Crippen LogP contribution in [-0.4, -0.2) is 22.3 Å². The van der Waals surface area contributed by atoms with Crippen LogP contribution in [0.4, 0.5) is 5.69 Å². The second-order valence-electron chi connectivity index (χ2n) is 7.86. The molecule has 4 bridgehead atoms. The summed E-state index contributed by atoms with van der Waals surface area (Å²) >= 11 is 0. The monoisotopic (exact) mass is 296 g/mol. The van der Waals surface area contributed by atoms with Gasteiger partial charge in [0.2, 0.25) is 0 Å². The van der Waals surface area contributed by atoms with Crippen molar-refractivity contribution in [2.75, 3.05) is 5.73 Å². The Hall–Kier alpha value is -1.84. The van der Waals surface area contributed by atoms with Crippen LogP contribution in [0.1, 0.15) is 59.2 Å². The molecular formula is C18H20N2O2. The van der Waals surface area contributed by atoms with Gasteiger partial charge in [-0.2, -0.15) is 0 Å². The highest BCUT2D eigenvalue weighted by atomic mass is 16.2. The number of rotatable bonds is 1. The molecule has 1 aromatic carbocycles. The van der Waals surface area contributed by atoms with Crippen LogP contribution in [0.25, 0.3) is 0 Å². The first-order chi connectivity index (χ1) is 10.6. The molecule has 4 aliphatic carbocycles. The van der Waals surface area contributed by atoms with Gasteiger partial charge >= 0.3 is 0 Å². The third-order valence-corrected chi connectivity index (χ3v) is 6.43. The first-order valence-corrected chi connectivity index (χ1v) is 8.35. The molecule has 0 radical (unpaired) electrons. The summed E-state index contributed by atoms with van der Waals surface area (Å²) in [5, 5.41) is 0. The molecule has 2 amide bonds. The van der Waals surface area contributed by atoms with Crippen molar-refractivity contribution in [2.45, 2.75) is 44.1 Å². The summed E-state index contributed by atoms with van der Waals surface area (Å²) in [7, 11) is 0. The lowest BCUT2D eigenvalue weighted by Crippen LogP contribution is -2.61. The minimum Gasteiger partial charge on any atom is -0.398 e. The van der Waals surface area contributed by atoms with Crippen LogP contribution in [0.3, 0.4) is 0 Å². The predicted octanol–water partition coefficient (Wildman–Crippen LogP) is 2.83. The van der Waals surface area contributed by atoms with Crippen molar-refractivity contribution in [3.63, 3.8) is 0 Å². The second kappa shape index (κ2) is 3.92. The topological polar surface area (TPSA) is 63.4 Å². The number of anilines is 1. The summed E-state index contributed by atoms with van der Waals surface area (Å²) in [6, 6.07) is 5.22. The molecule has 114 valence electrons. The van der Waals surface area contributed by atoms with Crippen molar-refractivity contribution in [2.24, 2.45) is 17.8 Å². The Balaban J connectivity index is 1.61. The van der Waals surface area contributed by atoms with Gasteiger partial charge in [0.1, 0.15) is 0 Å². The first-order valence-electron chi connectivity index (χ1n) is 8.35. The average molecular weight is 296 g/mol. The summed E-state index contributed by atoms with van der Waals surface area (Å²) in [6.07, 6.45) is 6.90. The van der Waals surface area contributed by atoms with Crippen molar-refractivity contribution >= 4 is 17.5 Å². The fraction of sp³-hybridized carbons (Fsp3) is 0.556. The Labute approximate surface area is 129 Å². The third-order valence-electron chi connectivity index (χ3n) is 6.43. The van der Waals surface area contributed by atoms with E-state index in [1.807, 2.05) is 0 Å². The molecule has 4 heteroatoms. The van der Waals surface area contributed by atoms with Crippen LogP contribution < -0.4 is 5.73 Å². The van der Waals surface area contributed by atoms with Gasteiger partial charge in [-0.15, -0.1) is 0 Å². The number of hydrogen-bond donors (Lipinski definition) is 1. The summed E-state index contributed by atoms with van der Waals surface area (Å²) in [6.45, 7) is 0. The molecule has 22 heavy (non-hydrogen) atoms. The normalized spacial score (nSPS) is 38.7. The number of nitrogen functional groups attached to an aromatic ring is 1. The van der Waals surface area contributed by atoms with Gasteiger partial charge < -0.3 is 5.73 Å². The van der Waals surface area contributed by atoms with E-state index < -0.39 is 0 Å². The molecule has 0 atom stereocenters. The number of amides is 2. The molecule has 1 aliphatic heterocycles. The maximum atomic E-state index is 13.0. The number of hydrogen-bond acceptors (Lipinski definition) is 3. The van der Waals surface area contributed by atoms with Gasteiger partial charge in [0.15, 0.2) is 0 Å². The molecule has 1 heterocycles. The van der Waals surface area contributed by atoms with Crippen LogP contribution >= 0.6 is 0 Å². The van der Waals surface area contributed by atoms with E-state index in [1.165, 1.54) is 19.3 Å². The molecular weight excluding hydrogens is 276 g/mol. The lowest BCUT2D eigenvalue weighted by molar-refractivity contribution is -0.0620. The van der Waals surface area contributed by atoms with Crippen molar-refractivity contribution in [3.8, 4) is 0 Å². The van der Waals surface area contributed by atoms with E-state index in [1.54, 1.807) is 23.1 Å². The van der Waals surface area contributed by atoms with Gasteiger partial charge in [-0.1, -0.05) is 6.07 Å². The molecule has 0 saturated heterocycles. The van der Waals surface area contributed by atoms with Gasteiger partial charge in [0, 0.05) is 5.69 Å². The molecule has 4 nitrogen and oxygen atoms in total. The first kappa shape index (κ1) is 12.7. The summed E-state index contributed by atoms with van der Waals surface area (Å²) in [4.78, 5) is 27.5. The Morgan fingerprint density at radius 1 is 0.955 bits per heavy atom. The van der Waals surface area contributed by atoms with Gasteiger partial charge in [-0.25, -0.2) is 0 Å². The Morgan fingerprint density at radius 3 is 2.09 bits per heavy atom. The Kier molecular flexibility index (Phi) is 2.26. The van der Waals surface area contributed by atoms with Gasteiger partial charge in [-0.05, 0) is 68.4 Å². The zero-order chi connectivity index (χ0) is 15.1. The van der Waals surface area contributed by atoms with Gasteiger partial charge in [0.25, 0.3) is 11.8 Å². The quantitative estimate of drug-likeness (QED) is 0.640. The molecule has 5 aliphatic rings. The van der Waals surface area contributed by atoms with Crippen LogP contribution in [0, 0.1) is 17.8 Å². The molecule has 4 saturated carbocycles. The lowest BCUT2D eigenvalue weighted by Gasteiger charge is -2.59. The van der Waals surface area contributed by atoms with Crippen molar-refractivity contribution < 1.29 is 9.59 Å². The van der Waals surface area contributed by atoms with E-state index in [-0.39, 0.29) is 17.4 Å². The zero-order valence-corrected chi connectivity index (χ0v) is 12.5. The highest BCUT2D eigenvalue weighted by Crippen LogP contribution is 2.58. The molecule has 0 aromatic heterocycles. The maximum Gasteiger partial charge on any atom is 0.264 e. The molecule has 6 rings (SSSR count). The van der Waals surface area contributed by atoms with E-state index in [9.17, 15) is 9.59 Å². The number of benzene rings is 1. The predicted molar refractivity (Wildman–Crippen MR) is 82.3 cm³/mol. The average Bonchev–Trinajstić information content (AvgIpc) is 2.70. The van der Waals surface area contributed by atoms with E-state index in [4.69, 9.17) is 5.73 Å². The highest BCUT2D eigenvalue weighted by Gasteiger charge is 2.58. The smallest absolute Gasteiger partial charge is 0.264 e. The van der Waals surface area contributed by atoms with Crippen molar-refractivity contribution in [1.29, 1.82) is 0 Å². The van der Waals surface area contributed by atoms with Crippen LogP contribution in [-0.2, 0) is 0 Å². The number of fused-ring (bicyclic) bond motifs is 1. The highest BCUT2D eigenvalue weighted by molar-refractivity contribution is 6.24. The van der Waals surface area contributed by atoms with E-state index >= 15 is 0 Å². The SMILES string of the molecule is Nc1cccc2c1C(=O)N(C13CC4CC(CC(C4)C1)C3)C2=O. The molecule has 2 N–H and O–H groups in total. The van der Waals surface area contributed by atoms with Crippen LogP contribution in [0.2, 0.25) is 0 Å². The van der Waals surface area contributed by atoms with Crippen LogP contribution in [0.15, 0.2) is 18.2 Å². The standard InChI is InChI=1S/C18H20N2O2/c19-14-3-1-2-13-15(14)17(22)20(16(13)21)18-7-10-4-11(8-18)6-12(5-10)9-18/h1-3,10-12H,4-9,19H2. The zero-order valence-electron chi connectivity index (χ0n) is 12.5.